The molecule has 0 aromatic carbocycles. The molecule has 0 bridgehead atoms. The summed E-state index contributed by atoms with van der Waals surface area (Å²) in [6.45, 7) is 6.15. The zero-order valence-electron chi connectivity index (χ0n) is 11.2. The quantitative estimate of drug-likeness (QED) is 0.740. The number of aliphatic hydroxyl groups excluding tert-OH is 1. The maximum Gasteiger partial charge on any atom is 0.0431 e. The first-order chi connectivity index (χ1) is 8.33. The van der Waals surface area contributed by atoms with Crippen LogP contribution in [-0.2, 0) is 0 Å². The van der Waals surface area contributed by atoms with Crippen molar-refractivity contribution < 1.29 is 5.11 Å². The SMILES string of the molecule is CCNC1CC(CCCO)CN(C2CCC2)C1. The summed E-state index contributed by atoms with van der Waals surface area (Å²) in [4.78, 5) is 2.71. The Bertz CT molecular complexity index is 218. The summed E-state index contributed by atoms with van der Waals surface area (Å²) in [5, 5.41) is 12.6. The lowest BCUT2D eigenvalue weighted by Gasteiger charge is -2.45. The molecule has 0 spiro atoms. The number of nitrogens with zero attached hydrogens (tertiary/aromatic N) is 1. The average Bonchev–Trinajstić information content (AvgIpc) is 2.24. The fraction of sp³-hybridized carbons (Fsp3) is 1.00. The highest BCUT2D eigenvalue weighted by Gasteiger charge is 2.32. The van der Waals surface area contributed by atoms with Gasteiger partial charge in [0.05, 0.1) is 0 Å². The Hall–Kier alpha value is -0.120. The van der Waals surface area contributed by atoms with E-state index < -0.39 is 0 Å². The van der Waals surface area contributed by atoms with Gasteiger partial charge in [-0.2, -0.15) is 0 Å². The highest BCUT2D eigenvalue weighted by atomic mass is 16.2. The monoisotopic (exact) mass is 240 g/mol. The smallest absolute Gasteiger partial charge is 0.0431 e. The van der Waals surface area contributed by atoms with Gasteiger partial charge in [0.15, 0.2) is 0 Å². The van der Waals surface area contributed by atoms with E-state index in [0.717, 1.165) is 24.9 Å². The molecule has 2 rings (SSSR count). The molecule has 2 aliphatic rings. The summed E-state index contributed by atoms with van der Waals surface area (Å²) in [6.07, 6.45) is 7.71. The second kappa shape index (κ2) is 6.72. The van der Waals surface area contributed by atoms with Crippen LogP contribution in [0.3, 0.4) is 0 Å². The van der Waals surface area contributed by atoms with E-state index in [1.165, 1.54) is 45.2 Å². The largest absolute Gasteiger partial charge is 0.396 e. The molecule has 2 fully saturated rings. The molecule has 2 atom stereocenters. The number of piperidine rings is 1. The van der Waals surface area contributed by atoms with E-state index in [-0.39, 0.29) is 0 Å². The van der Waals surface area contributed by atoms with Gasteiger partial charge in [-0.1, -0.05) is 13.3 Å². The average molecular weight is 240 g/mol. The summed E-state index contributed by atoms with van der Waals surface area (Å²) in [5.74, 6) is 0.792. The fourth-order valence-electron chi connectivity index (χ4n) is 3.32. The number of rotatable bonds is 6. The highest BCUT2D eigenvalue weighted by Crippen LogP contribution is 2.30. The summed E-state index contributed by atoms with van der Waals surface area (Å²) in [5.41, 5.74) is 0. The Morgan fingerprint density at radius 1 is 1.29 bits per heavy atom. The third-order valence-corrected chi connectivity index (χ3v) is 4.42. The first-order valence-corrected chi connectivity index (χ1v) is 7.41. The molecule has 0 amide bonds. The lowest BCUT2D eigenvalue weighted by molar-refractivity contribution is 0.0546. The van der Waals surface area contributed by atoms with Crippen LogP contribution < -0.4 is 5.32 Å². The van der Waals surface area contributed by atoms with E-state index in [1.54, 1.807) is 0 Å². The van der Waals surface area contributed by atoms with Gasteiger partial charge in [0.2, 0.25) is 0 Å². The maximum absolute atomic E-state index is 8.97. The van der Waals surface area contributed by atoms with Gasteiger partial charge in [0.25, 0.3) is 0 Å². The molecular formula is C14H28N2O. The van der Waals surface area contributed by atoms with E-state index in [4.69, 9.17) is 5.11 Å². The van der Waals surface area contributed by atoms with Crippen LogP contribution in [0.15, 0.2) is 0 Å². The molecule has 3 nitrogen and oxygen atoms in total. The van der Waals surface area contributed by atoms with Crippen LogP contribution in [0, 0.1) is 5.92 Å². The minimum absolute atomic E-state index is 0.353. The third kappa shape index (κ3) is 3.67. The van der Waals surface area contributed by atoms with Crippen LogP contribution in [0.5, 0.6) is 0 Å². The van der Waals surface area contributed by atoms with Crippen molar-refractivity contribution in [1.82, 2.24) is 10.2 Å². The van der Waals surface area contributed by atoms with E-state index in [0.29, 0.717) is 12.6 Å². The Morgan fingerprint density at radius 2 is 2.12 bits per heavy atom. The lowest BCUT2D eigenvalue weighted by Crippen LogP contribution is -2.54. The normalized spacial score (nSPS) is 31.4. The molecule has 1 aliphatic heterocycles. The summed E-state index contributed by atoms with van der Waals surface area (Å²) >= 11 is 0. The Morgan fingerprint density at radius 3 is 2.71 bits per heavy atom. The van der Waals surface area contributed by atoms with E-state index in [1.807, 2.05) is 0 Å². The zero-order valence-corrected chi connectivity index (χ0v) is 11.2. The second-order valence-electron chi connectivity index (χ2n) is 5.76. The number of hydrogen-bond acceptors (Lipinski definition) is 3. The van der Waals surface area contributed by atoms with Crippen molar-refractivity contribution in [2.24, 2.45) is 5.92 Å². The van der Waals surface area contributed by atoms with E-state index >= 15 is 0 Å². The molecule has 0 aromatic heterocycles. The highest BCUT2D eigenvalue weighted by molar-refractivity contribution is 4.89. The van der Waals surface area contributed by atoms with Crippen molar-refractivity contribution in [2.75, 3.05) is 26.2 Å². The predicted molar refractivity (Wildman–Crippen MR) is 71.1 cm³/mol. The molecule has 0 radical (unpaired) electrons. The molecule has 1 aliphatic carbocycles. The van der Waals surface area contributed by atoms with Gasteiger partial charge >= 0.3 is 0 Å². The third-order valence-electron chi connectivity index (χ3n) is 4.42. The molecule has 100 valence electrons. The van der Waals surface area contributed by atoms with Gasteiger partial charge in [-0.15, -0.1) is 0 Å². The first-order valence-electron chi connectivity index (χ1n) is 7.41. The molecule has 0 aromatic rings. The second-order valence-corrected chi connectivity index (χ2v) is 5.76. The van der Waals surface area contributed by atoms with Crippen LogP contribution in [0.2, 0.25) is 0 Å². The van der Waals surface area contributed by atoms with Crippen LogP contribution >= 0.6 is 0 Å². The van der Waals surface area contributed by atoms with Crippen LogP contribution in [0.4, 0.5) is 0 Å². The summed E-state index contributed by atoms with van der Waals surface area (Å²) < 4.78 is 0. The number of likely N-dealkylation sites (N-methyl/N-ethyl adjacent to an activating group) is 1. The van der Waals surface area contributed by atoms with Gasteiger partial charge in [0, 0.05) is 31.8 Å². The van der Waals surface area contributed by atoms with Gasteiger partial charge < -0.3 is 10.4 Å². The lowest BCUT2D eigenvalue weighted by atomic mass is 9.85. The predicted octanol–water partition coefficient (Wildman–Crippen LogP) is 1.61. The maximum atomic E-state index is 8.97. The molecule has 1 saturated heterocycles. The van der Waals surface area contributed by atoms with Crippen molar-refractivity contribution in [2.45, 2.75) is 57.5 Å². The van der Waals surface area contributed by atoms with Crippen LogP contribution in [0.25, 0.3) is 0 Å². The Balaban J connectivity index is 1.84. The summed E-state index contributed by atoms with van der Waals surface area (Å²) in [7, 11) is 0. The van der Waals surface area contributed by atoms with Crippen molar-refractivity contribution in [3.8, 4) is 0 Å². The number of aliphatic hydroxyl groups is 1. The minimum Gasteiger partial charge on any atom is -0.396 e. The van der Waals surface area contributed by atoms with Crippen molar-refractivity contribution in [3.63, 3.8) is 0 Å². The van der Waals surface area contributed by atoms with Crippen LogP contribution in [-0.4, -0.2) is 48.3 Å². The summed E-state index contributed by atoms with van der Waals surface area (Å²) in [6, 6.07) is 1.55. The molecular weight excluding hydrogens is 212 g/mol. The first kappa shape index (κ1) is 13.3. The molecule has 3 heteroatoms. The molecule has 2 N–H and O–H groups in total. The fourth-order valence-corrected chi connectivity index (χ4v) is 3.32. The topological polar surface area (TPSA) is 35.5 Å². The number of likely N-dealkylation sites (tertiary alicyclic amines) is 1. The number of hydrogen-bond donors (Lipinski definition) is 2. The van der Waals surface area contributed by atoms with E-state index in [9.17, 15) is 0 Å². The molecule has 17 heavy (non-hydrogen) atoms. The van der Waals surface area contributed by atoms with E-state index in [2.05, 4.69) is 17.1 Å². The molecule has 1 saturated carbocycles. The number of nitrogens with one attached hydrogen (secondary N) is 1. The van der Waals surface area contributed by atoms with Crippen molar-refractivity contribution >= 4 is 0 Å². The van der Waals surface area contributed by atoms with Crippen molar-refractivity contribution in [3.05, 3.63) is 0 Å². The van der Waals surface area contributed by atoms with Crippen LogP contribution in [0.1, 0.15) is 45.4 Å². The van der Waals surface area contributed by atoms with Gasteiger partial charge in [0.1, 0.15) is 0 Å². The zero-order chi connectivity index (χ0) is 12.1. The Kier molecular flexibility index (Phi) is 5.26. The Labute approximate surface area is 106 Å². The molecule has 2 unspecified atom stereocenters. The minimum atomic E-state index is 0.353. The molecule has 1 heterocycles. The van der Waals surface area contributed by atoms with Gasteiger partial charge in [-0.05, 0) is 44.6 Å². The standard InChI is InChI=1S/C14H28N2O/c1-2-15-13-9-12(5-4-8-17)10-16(11-13)14-6-3-7-14/h12-15,17H,2-11H2,1H3. The van der Waals surface area contributed by atoms with Gasteiger partial charge in [-0.3, -0.25) is 4.90 Å². The van der Waals surface area contributed by atoms with Gasteiger partial charge in [-0.25, -0.2) is 0 Å². The van der Waals surface area contributed by atoms with Crippen molar-refractivity contribution in [1.29, 1.82) is 0 Å².